The molecule has 74 valence electrons. The van der Waals surface area contributed by atoms with Crippen molar-refractivity contribution in [2.24, 2.45) is 0 Å². The van der Waals surface area contributed by atoms with Crippen molar-refractivity contribution in [1.82, 2.24) is 15.1 Å². The van der Waals surface area contributed by atoms with Crippen LogP contribution in [0.15, 0.2) is 0 Å². The number of aromatic nitrogens is 2. The highest BCUT2D eigenvalue weighted by atomic mass is 16.1. The van der Waals surface area contributed by atoms with E-state index in [-0.39, 0.29) is 0 Å². The van der Waals surface area contributed by atoms with Gasteiger partial charge in [-0.2, -0.15) is 5.10 Å². The third-order valence-corrected chi connectivity index (χ3v) is 3.28. The minimum atomic E-state index is 0.553. The van der Waals surface area contributed by atoms with Crippen molar-refractivity contribution in [1.29, 1.82) is 0 Å². The number of rotatable bonds is 2. The van der Waals surface area contributed by atoms with Gasteiger partial charge in [0.05, 0.1) is 11.7 Å². The van der Waals surface area contributed by atoms with E-state index in [4.69, 9.17) is 0 Å². The Balaban J connectivity index is 2.06. The van der Waals surface area contributed by atoms with Gasteiger partial charge in [-0.05, 0) is 19.3 Å². The molecule has 1 aliphatic carbocycles. The lowest BCUT2D eigenvalue weighted by atomic mass is 9.93. The molecule has 1 N–H and O–H groups in total. The van der Waals surface area contributed by atoms with Gasteiger partial charge in [-0.15, -0.1) is 0 Å². The van der Waals surface area contributed by atoms with E-state index in [1.807, 2.05) is 0 Å². The normalized spacial score (nSPS) is 20.6. The van der Waals surface area contributed by atoms with E-state index >= 15 is 0 Å². The minimum Gasteiger partial charge on any atom is -0.307 e. The SMILES string of the molecule is O=Cc1nn(C2CCC2)c2c1CNC2. The van der Waals surface area contributed by atoms with Gasteiger partial charge < -0.3 is 5.32 Å². The maximum absolute atomic E-state index is 10.8. The maximum Gasteiger partial charge on any atom is 0.170 e. The Morgan fingerprint density at radius 3 is 2.93 bits per heavy atom. The first-order valence-corrected chi connectivity index (χ1v) is 5.16. The van der Waals surface area contributed by atoms with Gasteiger partial charge in [-0.1, -0.05) is 0 Å². The number of nitrogens with zero attached hydrogens (tertiary/aromatic N) is 2. The second-order valence-corrected chi connectivity index (χ2v) is 4.06. The molecule has 2 heterocycles. The first-order chi connectivity index (χ1) is 6.90. The summed E-state index contributed by atoms with van der Waals surface area (Å²) < 4.78 is 2.07. The minimum absolute atomic E-state index is 0.553. The number of carbonyl (C=O) groups excluding carboxylic acids is 1. The van der Waals surface area contributed by atoms with Crippen molar-refractivity contribution in [3.8, 4) is 0 Å². The standard InChI is InChI=1S/C10H13N3O/c14-6-9-8-4-11-5-10(8)13(12-9)7-2-1-3-7/h6-7,11H,1-5H2. The van der Waals surface area contributed by atoms with Crippen molar-refractivity contribution in [2.75, 3.05) is 0 Å². The number of aldehydes is 1. The Hall–Kier alpha value is -1.16. The lowest BCUT2D eigenvalue weighted by Gasteiger charge is -2.27. The average molecular weight is 191 g/mol. The lowest BCUT2D eigenvalue weighted by Crippen LogP contribution is -2.21. The van der Waals surface area contributed by atoms with Gasteiger partial charge in [0.2, 0.25) is 0 Å². The van der Waals surface area contributed by atoms with Gasteiger partial charge in [0, 0.05) is 18.7 Å². The Morgan fingerprint density at radius 1 is 1.43 bits per heavy atom. The van der Waals surface area contributed by atoms with Crippen molar-refractivity contribution >= 4 is 6.29 Å². The lowest BCUT2D eigenvalue weighted by molar-refractivity contribution is 0.111. The Morgan fingerprint density at radius 2 is 2.29 bits per heavy atom. The summed E-state index contributed by atoms with van der Waals surface area (Å²) in [5, 5.41) is 7.65. The van der Waals surface area contributed by atoms with Crippen LogP contribution in [-0.4, -0.2) is 16.1 Å². The second kappa shape index (κ2) is 2.92. The molecule has 0 spiro atoms. The van der Waals surface area contributed by atoms with Crippen LogP contribution in [0.2, 0.25) is 0 Å². The molecule has 1 aromatic rings. The van der Waals surface area contributed by atoms with E-state index in [1.54, 1.807) is 0 Å². The molecule has 3 rings (SSSR count). The van der Waals surface area contributed by atoms with Crippen LogP contribution >= 0.6 is 0 Å². The summed E-state index contributed by atoms with van der Waals surface area (Å²) in [4.78, 5) is 10.8. The second-order valence-electron chi connectivity index (χ2n) is 4.06. The highest BCUT2D eigenvalue weighted by Crippen LogP contribution is 2.34. The highest BCUT2D eigenvalue weighted by molar-refractivity contribution is 5.75. The summed E-state index contributed by atoms with van der Waals surface area (Å²) in [6.45, 7) is 1.67. The summed E-state index contributed by atoms with van der Waals surface area (Å²) in [6, 6.07) is 0.553. The Kier molecular flexibility index (Phi) is 1.70. The zero-order valence-corrected chi connectivity index (χ0v) is 7.99. The summed E-state index contributed by atoms with van der Waals surface area (Å²) in [5.74, 6) is 0. The topological polar surface area (TPSA) is 46.9 Å². The molecule has 0 aromatic carbocycles. The molecule has 1 saturated carbocycles. The predicted octanol–water partition coefficient (Wildman–Crippen LogP) is 1.02. The number of nitrogens with one attached hydrogen (secondary N) is 1. The molecule has 1 aliphatic heterocycles. The van der Waals surface area contributed by atoms with Crippen LogP contribution in [-0.2, 0) is 13.1 Å². The van der Waals surface area contributed by atoms with Crippen molar-refractivity contribution in [3.05, 3.63) is 17.0 Å². The molecule has 2 aliphatic rings. The monoisotopic (exact) mass is 191 g/mol. The molecule has 0 amide bonds. The molecule has 4 nitrogen and oxygen atoms in total. The first-order valence-electron chi connectivity index (χ1n) is 5.16. The number of fused-ring (bicyclic) bond motifs is 1. The van der Waals surface area contributed by atoms with Gasteiger partial charge in [-0.3, -0.25) is 9.48 Å². The molecule has 0 bridgehead atoms. The van der Waals surface area contributed by atoms with Crippen LogP contribution in [0.1, 0.15) is 47.1 Å². The van der Waals surface area contributed by atoms with Crippen molar-refractivity contribution in [2.45, 2.75) is 38.4 Å². The van der Waals surface area contributed by atoms with E-state index in [0.717, 1.165) is 24.9 Å². The first kappa shape index (κ1) is 8.17. The van der Waals surface area contributed by atoms with E-state index in [0.29, 0.717) is 11.7 Å². The third kappa shape index (κ3) is 0.973. The van der Waals surface area contributed by atoms with Crippen LogP contribution in [0.25, 0.3) is 0 Å². The van der Waals surface area contributed by atoms with Crippen LogP contribution in [0.5, 0.6) is 0 Å². The largest absolute Gasteiger partial charge is 0.307 e. The number of hydrogen-bond acceptors (Lipinski definition) is 3. The van der Waals surface area contributed by atoms with Gasteiger partial charge in [0.25, 0.3) is 0 Å². The van der Waals surface area contributed by atoms with Gasteiger partial charge >= 0.3 is 0 Å². The zero-order chi connectivity index (χ0) is 9.54. The summed E-state index contributed by atoms with van der Waals surface area (Å²) >= 11 is 0. The molecule has 1 aromatic heterocycles. The van der Waals surface area contributed by atoms with Crippen molar-refractivity contribution < 1.29 is 4.79 Å². The summed E-state index contributed by atoms with van der Waals surface area (Å²) in [5.41, 5.74) is 2.99. The van der Waals surface area contributed by atoms with Crippen LogP contribution < -0.4 is 5.32 Å². The maximum atomic E-state index is 10.8. The number of hydrogen-bond donors (Lipinski definition) is 1. The highest BCUT2D eigenvalue weighted by Gasteiger charge is 2.28. The van der Waals surface area contributed by atoms with Crippen molar-refractivity contribution in [3.63, 3.8) is 0 Å². The van der Waals surface area contributed by atoms with Crippen LogP contribution in [0.4, 0.5) is 0 Å². The molecule has 14 heavy (non-hydrogen) atoms. The van der Waals surface area contributed by atoms with Gasteiger partial charge in [0.1, 0.15) is 5.69 Å². The average Bonchev–Trinajstić information content (AvgIpc) is 2.64. The predicted molar refractivity (Wildman–Crippen MR) is 51.0 cm³/mol. The molecular weight excluding hydrogens is 178 g/mol. The summed E-state index contributed by atoms with van der Waals surface area (Å²) in [6.07, 6.45) is 4.60. The molecule has 0 saturated heterocycles. The quantitative estimate of drug-likeness (QED) is 0.710. The fourth-order valence-corrected chi connectivity index (χ4v) is 2.24. The third-order valence-electron chi connectivity index (χ3n) is 3.28. The molecule has 0 radical (unpaired) electrons. The smallest absolute Gasteiger partial charge is 0.170 e. The fraction of sp³-hybridized carbons (Fsp3) is 0.600. The van der Waals surface area contributed by atoms with E-state index in [9.17, 15) is 4.79 Å². The van der Waals surface area contributed by atoms with E-state index < -0.39 is 0 Å². The molecule has 0 unspecified atom stereocenters. The number of carbonyl (C=O) groups is 1. The van der Waals surface area contributed by atoms with Crippen LogP contribution in [0.3, 0.4) is 0 Å². The van der Waals surface area contributed by atoms with Crippen LogP contribution in [0, 0.1) is 0 Å². The fourth-order valence-electron chi connectivity index (χ4n) is 2.24. The zero-order valence-electron chi connectivity index (χ0n) is 7.99. The Bertz CT molecular complexity index is 379. The van der Waals surface area contributed by atoms with Gasteiger partial charge in [-0.25, -0.2) is 0 Å². The summed E-state index contributed by atoms with van der Waals surface area (Å²) in [7, 11) is 0. The molecular formula is C10H13N3O. The van der Waals surface area contributed by atoms with Gasteiger partial charge in [0.15, 0.2) is 6.29 Å². The Labute approximate surface area is 82.3 Å². The molecule has 0 atom stereocenters. The molecule has 4 heteroatoms. The molecule has 1 fully saturated rings. The van der Waals surface area contributed by atoms with E-state index in [2.05, 4.69) is 15.1 Å². The van der Waals surface area contributed by atoms with E-state index in [1.165, 1.54) is 25.0 Å².